The van der Waals surface area contributed by atoms with Crippen molar-refractivity contribution in [3.05, 3.63) is 53.6 Å². The molecule has 108 valence electrons. The van der Waals surface area contributed by atoms with Gasteiger partial charge in [-0.25, -0.2) is 8.42 Å². The molecule has 2 aromatic carbocycles. The van der Waals surface area contributed by atoms with E-state index in [0.717, 1.165) is 22.0 Å². The first-order valence-corrected chi connectivity index (χ1v) is 7.98. The van der Waals surface area contributed by atoms with Gasteiger partial charge in [-0.2, -0.15) is 5.10 Å². The summed E-state index contributed by atoms with van der Waals surface area (Å²) in [4.78, 5) is 0.243. The molecule has 6 heteroatoms. The first-order valence-electron chi connectivity index (χ1n) is 6.50. The van der Waals surface area contributed by atoms with Gasteiger partial charge in [0.15, 0.2) is 5.82 Å². The Balaban J connectivity index is 2.03. The summed E-state index contributed by atoms with van der Waals surface area (Å²) < 4.78 is 27.5. The van der Waals surface area contributed by atoms with Crippen molar-refractivity contribution in [2.45, 2.75) is 18.7 Å². The highest BCUT2D eigenvalue weighted by molar-refractivity contribution is 7.92. The van der Waals surface area contributed by atoms with E-state index in [2.05, 4.69) is 14.9 Å². The molecule has 0 amide bonds. The fraction of sp³-hybridized carbons (Fsp3) is 0.133. The van der Waals surface area contributed by atoms with Crippen molar-refractivity contribution in [1.29, 1.82) is 0 Å². The molecule has 21 heavy (non-hydrogen) atoms. The fourth-order valence-electron chi connectivity index (χ4n) is 2.32. The number of nitrogens with zero attached hydrogens (tertiary/aromatic N) is 1. The van der Waals surface area contributed by atoms with E-state index in [9.17, 15) is 8.42 Å². The van der Waals surface area contributed by atoms with Gasteiger partial charge in [-0.1, -0.05) is 18.2 Å². The molecule has 0 saturated heterocycles. The summed E-state index contributed by atoms with van der Waals surface area (Å²) in [5.74, 6) is 0.310. The van der Waals surface area contributed by atoms with Gasteiger partial charge >= 0.3 is 0 Å². The Kier molecular flexibility index (Phi) is 3.17. The van der Waals surface area contributed by atoms with Crippen LogP contribution in [0.25, 0.3) is 10.9 Å². The Morgan fingerprint density at radius 2 is 1.71 bits per heavy atom. The van der Waals surface area contributed by atoms with Crippen LogP contribution < -0.4 is 4.72 Å². The van der Waals surface area contributed by atoms with Crippen LogP contribution in [0.2, 0.25) is 0 Å². The van der Waals surface area contributed by atoms with Gasteiger partial charge in [-0.05, 0) is 49.2 Å². The number of anilines is 1. The number of hydrogen-bond acceptors (Lipinski definition) is 3. The van der Waals surface area contributed by atoms with Gasteiger partial charge in [0, 0.05) is 5.39 Å². The van der Waals surface area contributed by atoms with E-state index in [4.69, 9.17) is 0 Å². The quantitative estimate of drug-likeness (QED) is 0.781. The van der Waals surface area contributed by atoms with Gasteiger partial charge in [-0.15, -0.1) is 0 Å². The summed E-state index contributed by atoms with van der Waals surface area (Å²) in [6.45, 7) is 3.74. The summed E-state index contributed by atoms with van der Waals surface area (Å²) in [7, 11) is -3.65. The van der Waals surface area contributed by atoms with Gasteiger partial charge in [-0.3, -0.25) is 9.82 Å². The van der Waals surface area contributed by atoms with Crippen LogP contribution in [-0.2, 0) is 10.0 Å². The number of aromatic amines is 1. The monoisotopic (exact) mass is 301 g/mol. The lowest BCUT2D eigenvalue weighted by molar-refractivity contribution is 0.601. The molecular weight excluding hydrogens is 286 g/mol. The zero-order valence-corrected chi connectivity index (χ0v) is 12.5. The molecule has 2 N–H and O–H groups in total. The maximum absolute atomic E-state index is 12.5. The highest BCUT2D eigenvalue weighted by Gasteiger charge is 2.17. The molecule has 1 heterocycles. The van der Waals surface area contributed by atoms with Gasteiger partial charge in [0.05, 0.1) is 10.4 Å². The average Bonchev–Trinajstić information content (AvgIpc) is 2.81. The molecule has 0 unspecified atom stereocenters. The van der Waals surface area contributed by atoms with Crippen LogP contribution >= 0.6 is 0 Å². The smallest absolute Gasteiger partial charge is 0.263 e. The molecule has 0 aliphatic carbocycles. The number of sulfonamides is 1. The van der Waals surface area contributed by atoms with E-state index in [1.807, 2.05) is 44.2 Å². The molecule has 0 radical (unpaired) electrons. The third-order valence-corrected chi connectivity index (χ3v) is 4.53. The Labute approximate surface area is 123 Å². The third-order valence-electron chi connectivity index (χ3n) is 3.21. The second-order valence-electron chi connectivity index (χ2n) is 5.05. The normalized spacial score (nSPS) is 11.7. The number of H-pyrrole nitrogens is 1. The van der Waals surface area contributed by atoms with Crippen molar-refractivity contribution >= 4 is 26.7 Å². The maximum atomic E-state index is 12.5. The second-order valence-corrected chi connectivity index (χ2v) is 6.73. The Morgan fingerprint density at radius 3 is 2.43 bits per heavy atom. The highest BCUT2D eigenvalue weighted by atomic mass is 32.2. The van der Waals surface area contributed by atoms with Gasteiger partial charge < -0.3 is 0 Å². The zero-order valence-electron chi connectivity index (χ0n) is 11.7. The Bertz CT molecular complexity index is 893. The SMILES string of the molecule is Cc1cc(C)cc(S(=O)(=O)Nc2n[nH]c3ccccc23)c1. The molecule has 0 fully saturated rings. The lowest BCUT2D eigenvalue weighted by Crippen LogP contribution is -2.13. The largest absolute Gasteiger partial charge is 0.276 e. The number of para-hydroxylation sites is 1. The second kappa shape index (κ2) is 4.89. The standard InChI is InChI=1S/C15H15N3O2S/c1-10-7-11(2)9-12(8-10)21(19,20)18-15-13-5-3-4-6-14(13)16-17-15/h3-9H,1-2H3,(H2,16,17,18). The topological polar surface area (TPSA) is 74.8 Å². The van der Waals surface area contributed by atoms with Crippen LogP contribution in [0.5, 0.6) is 0 Å². The molecule has 0 spiro atoms. The van der Waals surface area contributed by atoms with E-state index < -0.39 is 10.0 Å². The van der Waals surface area contributed by atoms with Crippen LogP contribution in [0.15, 0.2) is 47.4 Å². The van der Waals surface area contributed by atoms with Crippen molar-refractivity contribution in [2.24, 2.45) is 0 Å². The summed E-state index contributed by atoms with van der Waals surface area (Å²) in [5, 5.41) is 7.58. The maximum Gasteiger partial charge on any atom is 0.263 e. The van der Waals surface area contributed by atoms with Gasteiger partial charge in [0.25, 0.3) is 10.0 Å². The molecular formula is C15H15N3O2S. The lowest BCUT2D eigenvalue weighted by atomic mass is 10.2. The van der Waals surface area contributed by atoms with Crippen LogP contribution in [0, 0.1) is 13.8 Å². The molecule has 5 nitrogen and oxygen atoms in total. The molecule has 3 aromatic rings. The van der Waals surface area contributed by atoms with E-state index in [1.165, 1.54) is 0 Å². The predicted octanol–water partition coefficient (Wildman–Crippen LogP) is 2.98. The molecule has 1 aromatic heterocycles. The van der Waals surface area contributed by atoms with Crippen molar-refractivity contribution in [3.63, 3.8) is 0 Å². The van der Waals surface area contributed by atoms with Crippen LogP contribution in [0.4, 0.5) is 5.82 Å². The number of fused-ring (bicyclic) bond motifs is 1. The average molecular weight is 301 g/mol. The van der Waals surface area contributed by atoms with Gasteiger partial charge in [0.2, 0.25) is 0 Å². The number of benzene rings is 2. The summed E-state index contributed by atoms with van der Waals surface area (Å²) in [5.41, 5.74) is 2.60. The number of nitrogens with one attached hydrogen (secondary N) is 2. The van der Waals surface area contributed by atoms with Crippen molar-refractivity contribution in [1.82, 2.24) is 10.2 Å². The number of hydrogen-bond donors (Lipinski definition) is 2. The van der Waals surface area contributed by atoms with E-state index in [-0.39, 0.29) is 4.90 Å². The van der Waals surface area contributed by atoms with Crippen LogP contribution in [0.1, 0.15) is 11.1 Å². The molecule has 0 aliphatic heterocycles. The zero-order chi connectivity index (χ0) is 15.0. The highest BCUT2D eigenvalue weighted by Crippen LogP contribution is 2.23. The minimum atomic E-state index is -3.65. The minimum absolute atomic E-state index is 0.243. The first-order chi connectivity index (χ1) is 9.95. The minimum Gasteiger partial charge on any atom is -0.276 e. The molecule has 0 saturated carbocycles. The van der Waals surface area contributed by atoms with Crippen LogP contribution in [0.3, 0.4) is 0 Å². The number of aromatic nitrogens is 2. The van der Waals surface area contributed by atoms with Gasteiger partial charge in [0.1, 0.15) is 0 Å². The molecule has 0 bridgehead atoms. The Morgan fingerprint density at radius 1 is 1.05 bits per heavy atom. The summed E-state index contributed by atoms with van der Waals surface area (Å²) in [6, 6.07) is 12.6. The van der Waals surface area contributed by atoms with E-state index in [1.54, 1.807) is 12.1 Å². The van der Waals surface area contributed by atoms with Crippen molar-refractivity contribution in [2.75, 3.05) is 4.72 Å². The lowest BCUT2D eigenvalue weighted by Gasteiger charge is -2.08. The summed E-state index contributed by atoms with van der Waals surface area (Å²) in [6.07, 6.45) is 0. The number of aryl methyl sites for hydroxylation is 2. The molecule has 0 atom stereocenters. The van der Waals surface area contributed by atoms with Crippen LogP contribution in [-0.4, -0.2) is 18.6 Å². The Hall–Kier alpha value is -2.34. The molecule has 0 aliphatic rings. The van der Waals surface area contributed by atoms with E-state index in [0.29, 0.717) is 5.82 Å². The van der Waals surface area contributed by atoms with E-state index >= 15 is 0 Å². The van der Waals surface area contributed by atoms with Crippen molar-refractivity contribution < 1.29 is 8.42 Å². The number of rotatable bonds is 3. The summed E-state index contributed by atoms with van der Waals surface area (Å²) >= 11 is 0. The first kappa shape index (κ1) is 13.6. The third kappa shape index (κ3) is 2.62. The molecule has 3 rings (SSSR count). The fourth-order valence-corrected chi connectivity index (χ4v) is 3.53. The van der Waals surface area contributed by atoms with Crippen molar-refractivity contribution in [3.8, 4) is 0 Å². The predicted molar refractivity (Wildman–Crippen MR) is 82.8 cm³/mol.